The quantitative estimate of drug-likeness (QED) is 0.838. The van der Waals surface area contributed by atoms with Gasteiger partial charge in [-0.3, -0.25) is 4.79 Å². The maximum Gasteiger partial charge on any atom is 0.336 e. The van der Waals surface area contributed by atoms with Gasteiger partial charge in [0, 0.05) is 24.0 Å². The summed E-state index contributed by atoms with van der Waals surface area (Å²) in [4.78, 5) is 24.3. The van der Waals surface area contributed by atoms with E-state index < -0.39 is 0 Å². The van der Waals surface area contributed by atoms with Gasteiger partial charge < -0.3 is 14.5 Å². The molecular weight excluding hydrogens is 314 g/mol. The number of carbonyl (C=O) groups excluding carboxylic acids is 2. The zero-order chi connectivity index (χ0) is 16.4. The maximum atomic E-state index is 12.2. The summed E-state index contributed by atoms with van der Waals surface area (Å²) >= 11 is 1.61. The number of aryl methyl sites for hydroxylation is 2. The normalized spacial score (nSPS) is 23.0. The Balaban J connectivity index is 1.64. The molecule has 2 heterocycles. The lowest BCUT2D eigenvalue weighted by Gasteiger charge is -2.11. The minimum atomic E-state index is -0.316. The van der Waals surface area contributed by atoms with Gasteiger partial charge in [-0.25, -0.2) is 4.79 Å². The molecule has 0 aromatic carbocycles. The van der Waals surface area contributed by atoms with Crippen LogP contribution in [0, 0.1) is 12.8 Å². The van der Waals surface area contributed by atoms with E-state index in [4.69, 9.17) is 9.15 Å². The molecule has 2 unspecified atom stereocenters. The Hall–Kier alpha value is -1.69. The van der Waals surface area contributed by atoms with Gasteiger partial charge in [0.1, 0.15) is 11.5 Å². The first kappa shape index (κ1) is 16.2. The van der Waals surface area contributed by atoms with Crippen molar-refractivity contribution in [3.63, 3.8) is 0 Å². The average molecular weight is 335 g/mol. The Morgan fingerprint density at radius 3 is 2.91 bits per heavy atom. The summed E-state index contributed by atoms with van der Waals surface area (Å²) in [6.45, 7) is 1.88. The van der Waals surface area contributed by atoms with Crippen molar-refractivity contribution in [3.8, 4) is 0 Å². The van der Waals surface area contributed by atoms with Gasteiger partial charge in [-0.15, -0.1) is 11.8 Å². The molecule has 23 heavy (non-hydrogen) atoms. The highest BCUT2D eigenvalue weighted by molar-refractivity contribution is 8.04. The van der Waals surface area contributed by atoms with Crippen LogP contribution >= 0.6 is 11.8 Å². The number of rotatable bonds is 5. The Labute approximate surface area is 139 Å². The van der Waals surface area contributed by atoms with Gasteiger partial charge in [-0.05, 0) is 31.9 Å². The first-order valence-corrected chi connectivity index (χ1v) is 8.80. The van der Waals surface area contributed by atoms with E-state index in [2.05, 4.69) is 5.32 Å². The Bertz CT molecular complexity index is 649. The van der Waals surface area contributed by atoms with Gasteiger partial charge in [0.05, 0.1) is 17.7 Å². The van der Waals surface area contributed by atoms with Crippen LogP contribution in [0.3, 0.4) is 0 Å². The molecule has 0 bridgehead atoms. The van der Waals surface area contributed by atoms with Crippen LogP contribution in [0.15, 0.2) is 27.2 Å². The fraction of sp³-hybridized carbons (Fsp3) is 0.529. The molecule has 1 saturated carbocycles. The van der Waals surface area contributed by atoms with E-state index in [9.17, 15) is 9.59 Å². The molecule has 1 aromatic rings. The SMILES string of the molecule is COC(=O)C1=C(NC(=O)CCc2ccc(C)o2)SC2CCCC12. The third-order valence-corrected chi connectivity index (χ3v) is 5.81. The average Bonchev–Trinajstić information content (AvgIpc) is 3.20. The summed E-state index contributed by atoms with van der Waals surface area (Å²) in [5.74, 6) is 1.45. The van der Waals surface area contributed by atoms with E-state index in [-0.39, 0.29) is 17.8 Å². The number of fused-ring (bicyclic) bond motifs is 1. The summed E-state index contributed by atoms with van der Waals surface area (Å²) in [5, 5.41) is 3.99. The molecule has 1 N–H and O–H groups in total. The lowest BCUT2D eigenvalue weighted by molar-refractivity contribution is -0.136. The van der Waals surface area contributed by atoms with Crippen molar-refractivity contribution in [3.05, 3.63) is 34.3 Å². The fourth-order valence-electron chi connectivity index (χ4n) is 3.28. The van der Waals surface area contributed by atoms with Gasteiger partial charge >= 0.3 is 5.97 Å². The zero-order valence-electron chi connectivity index (χ0n) is 13.4. The molecule has 1 aromatic heterocycles. The minimum Gasteiger partial charge on any atom is -0.466 e. The van der Waals surface area contributed by atoms with Crippen molar-refractivity contribution < 1.29 is 18.7 Å². The van der Waals surface area contributed by atoms with Gasteiger partial charge in [-0.2, -0.15) is 0 Å². The van der Waals surface area contributed by atoms with Crippen LogP contribution in [0.25, 0.3) is 0 Å². The summed E-state index contributed by atoms with van der Waals surface area (Å²) in [6.07, 6.45) is 4.09. The molecule has 0 radical (unpaired) electrons. The summed E-state index contributed by atoms with van der Waals surface area (Å²) < 4.78 is 10.4. The van der Waals surface area contributed by atoms with Gasteiger partial charge in [0.15, 0.2) is 0 Å². The van der Waals surface area contributed by atoms with Gasteiger partial charge in [0.25, 0.3) is 0 Å². The molecule has 0 saturated heterocycles. The molecule has 1 aliphatic heterocycles. The summed E-state index contributed by atoms with van der Waals surface area (Å²) in [7, 11) is 1.39. The van der Waals surface area contributed by atoms with Gasteiger partial charge in [-0.1, -0.05) is 6.42 Å². The van der Waals surface area contributed by atoms with Crippen LogP contribution in [-0.4, -0.2) is 24.2 Å². The third-order valence-electron chi connectivity index (χ3n) is 4.39. The number of hydrogen-bond donors (Lipinski definition) is 1. The molecule has 1 amide bonds. The Morgan fingerprint density at radius 1 is 1.39 bits per heavy atom. The van der Waals surface area contributed by atoms with Crippen LogP contribution in [0.2, 0.25) is 0 Å². The molecular formula is C17H21NO4S. The molecule has 6 heteroatoms. The number of ether oxygens (including phenoxy) is 1. The number of methoxy groups -OCH3 is 1. The minimum absolute atomic E-state index is 0.0945. The van der Waals surface area contributed by atoms with Crippen LogP contribution < -0.4 is 5.32 Å². The van der Waals surface area contributed by atoms with Crippen molar-refractivity contribution in [2.24, 2.45) is 5.92 Å². The molecule has 1 fully saturated rings. The molecule has 2 aliphatic rings. The predicted molar refractivity (Wildman–Crippen MR) is 87.7 cm³/mol. The van der Waals surface area contributed by atoms with Crippen molar-refractivity contribution in [2.45, 2.75) is 44.3 Å². The van der Waals surface area contributed by atoms with Crippen LogP contribution in [0.1, 0.15) is 37.2 Å². The third kappa shape index (κ3) is 3.47. The number of esters is 1. The highest BCUT2D eigenvalue weighted by Crippen LogP contribution is 2.49. The molecule has 0 spiro atoms. The van der Waals surface area contributed by atoms with Gasteiger partial charge in [0.2, 0.25) is 5.91 Å². The zero-order valence-corrected chi connectivity index (χ0v) is 14.2. The second-order valence-corrected chi connectivity index (χ2v) is 7.24. The number of carbonyl (C=O) groups is 2. The van der Waals surface area contributed by atoms with Crippen molar-refractivity contribution in [1.29, 1.82) is 0 Å². The monoisotopic (exact) mass is 335 g/mol. The second kappa shape index (κ2) is 6.83. The van der Waals surface area contributed by atoms with Crippen LogP contribution in [0.4, 0.5) is 0 Å². The van der Waals surface area contributed by atoms with E-state index >= 15 is 0 Å². The Morgan fingerprint density at radius 2 is 2.22 bits per heavy atom. The number of hydrogen-bond acceptors (Lipinski definition) is 5. The van der Waals surface area contributed by atoms with E-state index in [1.807, 2.05) is 19.1 Å². The highest BCUT2D eigenvalue weighted by atomic mass is 32.2. The first-order chi connectivity index (χ1) is 11.1. The van der Waals surface area contributed by atoms with E-state index in [1.165, 1.54) is 7.11 Å². The largest absolute Gasteiger partial charge is 0.466 e. The van der Waals surface area contributed by atoms with Crippen molar-refractivity contribution >= 4 is 23.6 Å². The van der Waals surface area contributed by atoms with E-state index in [0.717, 1.165) is 30.8 Å². The molecule has 3 rings (SSSR count). The smallest absolute Gasteiger partial charge is 0.336 e. The Kier molecular flexibility index (Phi) is 4.80. The maximum absolute atomic E-state index is 12.2. The molecule has 2 atom stereocenters. The van der Waals surface area contributed by atoms with E-state index in [1.54, 1.807) is 11.8 Å². The van der Waals surface area contributed by atoms with Crippen LogP contribution in [-0.2, 0) is 20.7 Å². The van der Waals surface area contributed by atoms with Crippen molar-refractivity contribution in [1.82, 2.24) is 5.32 Å². The molecule has 5 nitrogen and oxygen atoms in total. The first-order valence-electron chi connectivity index (χ1n) is 7.92. The number of amides is 1. The summed E-state index contributed by atoms with van der Waals surface area (Å²) in [5.41, 5.74) is 0.655. The highest BCUT2D eigenvalue weighted by Gasteiger charge is 2.42. The lowest BCUT2D eigenvalue weighted by atomic mass is 9.98. The number of thioether (sulfide) groups is 1. The number of nitrogens with one attached hydrogen (secondary N) is 1. The fourth-order valence-corrected chi connectivity index (χ4v) is 4.83. The lowest BCUT2D eigenvalue weighted by Crippen LogP contribution is -2.24. The van der Waals surface area contributed by atoms with E-state index in [0.29, 0.717) is 28.7 Å². The second-order valence-electron chi connectivity index (χ2n) is 5.99. The molecule has 124 valence electrons. The molecule has 1 aliphatic carbocycles. The standard InChI is InChI=1S/C17H21NO4S/c1-10-6-7-11(22-10)8-9-14(19)18-16-15(17(20)21-2)12-4-3-5-13(12)23-16/h6-7,12-13H,3-5,8-9H2,1-2H3,(H,18,19). The van der Waals surface area contributed by atoms with Crippen LogP contribution in [0.5, 0.6) is 0 Å². The predicted octanol–water partition coefficient (Wildman–Crippen LogP) is 2.94. The number of furan rings is 1. The summed E-state index contributed by atoms with van der Waals surface area (Å²) in [6, 6.07) is 3.77. The topological polar surface area (TPSA) is 68.5 Å². The van der Waals surface area contributed by atoms with Crippen molar-refractivity contribution in [2.75, 3.05) is 7.11 Å².